The van der Waals surface area contributed by atoms with Gasteiger partial charge in [-0.2, -0.15) is 0 Å². The molecule has 0 saturated heterocycles. The van der Waals surface area contributed by atoms with E-state index in [1.807, 2.05) is 19.9 Å². The number of carbonyl (C=O) groups is 2. The molecule has 0 atom stereocenters. The number of nitrogens with zero attached hydrogens (tertiary/aromatic N) is 1. The van der Waals surface area contributed by atoms with Crippen molar-refractivity contribution in [3.8, 4) is 0 Å². The highest BCUT2D eigenvalue weighted by Gasteiger charge is 2.20. The fraction of sp³-hybridized carbons (Fsp3) is 0.400. The molecular formula is C15H20N2O4. The van der Waals surface area contributed by atoms with Crippen molar-refractivity contribution in [3.63, 3.8) is 0 Å². The van der Waals surface area contributed by atoms with Crippen LogP contribution in [0.5, 0.6) is 0 Å². The number of ether oxygens (including phenoxy) is 2. The summed E-state index contributed by atoms with van der Waals surface area (Å²) < 4.78 is 9.67. The maximum Gasteiger partial charge on any atom is 0.347 e. The highest BCUT2D eigenvalue weighted by Crippen LogP contribution is 2.10. The number of anilines is 1. The number of esters is 2. The maximum atomic E-state index is 11.8. The van der Waals surface area contributed by atoms with Gasteiger partial charge in [-0.3, -0.25) is 0 Å². The molecule has 0 aliphatic rings. The minimum atomic E-state index is -0.729. The lowest BCUT2D eigenvalue weighted by molar-refractivity contribution is -0.146. The average molecular weight is 292 g/mol. The minimum Gasteiger partial charge on any atom is -0.462 e. The SMILES string of the molecule is CCOC(=O)C(=CNc1ccc(C)c(C)n1)C(=O)OCC. The molecule has 0 saturated carbocycles. The molecule has 1 aromatic rings. The number of aromatic nitrogens is 1. The zero-order valence-electron chi connectivity index (χ0n) is 12.7. The van der Waals surface area contributed by atoms with Crippen LogP contribution in [0.3, 0.4) is 0 Å². The number of pyridine rings is 1. The standard InChI is InChI=1S/C15H20N2O4/c1-5-20-14(18)12(15(19)21-6-2)9-16-13-8-7-10(3)11(4)17-13/h7-9H,5-6H2,1-4H3,(H,16,17). The van der Waals surface area contributed by atoms with Gasteiger partial charge in [0.2, 0.25) is 0 Å². The van der Waals surface area contributed by atoms with Gasteiger partial charge in [0.15, 0.2) is 5.57 Å². The van der Waals surface area contributed by atoms with Crippen LogP contribution in [0.1, 0.15) is 25.1 Å². The van der Waals surface area contributed by atoms with Gasteiger partial charge in [-0.05, 0) is 39.3 Å². The molecular weight excluding hydrogens is 272 g/mol. The second-order valence-corrected chi connectivity index (χ2v) is 4.24. The highest BCUT2D eigenvalue weighted by molar-refractivity contribution is 6.14. The molecule has 1 rings (SSSR count). The Labute approximate surface area is 124 Å². The molecule has 0 aliphatic heterocycles. The minimum absolute atomic E-state index is 0.178. The van der Waals surface area contributed by atoms with Crippen LogP contribution < -0.4 is 5.32 Å². The Morgan fingerprint density at radius 3 is 2.19 bits per heavy atom. The summed E-state index contributed by atoms with van der Waals surface area (Å²) >= 11 is 0. The van der Waals surface area contributed by atoms with Crippen LogP contribution in [-0.4, -0.2) is 30.1 Å². The lowest BCUT2D eigenvalue weighted by Crippen LogP contribution is -2.19. The summed E-state index contributed by atoms with van der Waals surface area (Å²) in [6, 6.07) is 3.65. The van der Waals surface area contributed by atoms with Crippen molar-refractivity contribution in [1.82, 2.24) is 4.98 Å². The number of hydrogen-bond acceptors (Lipinski definition) is 6. The van der Waals surface area contributed by atoms with Crippen molar-refractivity contribution in [2.24, 2.45) is 0 Å². The van der Waals surface area contributed by atoms with Crippen LogP contribution in [0.25, 0.3) is 0 Å². The van der Waals surface area contributed by atoms with Gasteiger partial charge >= 0.3 is 11.9 Å². The summed E-state index contributed by atoms with van der Waals surface area (Å²) in [7, 11) is 0. The van der Waals surface area contributed by atoms with Crippen molar-refractivity contribution < 1.29 is 19.1 Å². The van der Waals surface area contributed by atoms with E-state index in [-0.39, 0.29) is 18.8 Å². The van der Waals surface area contributed by atoms with E-state index in [9.17, 15) is 9.59 Å². The number of aryl methyl sites for hydroxylation is 2. The van der Waals surface area contributed by atoms with Gasteiger partial charge in [-0.1, -0.05) is 6.07 Å². The summed E-state index contributed by atoms with van der Waals surface area (Å²) in [6.07, 6.45) is 1.26. The first kappa shape index (κ1) is 16.7. The van der Waals surface area contributed by atoms with Crippen LogP contribution >= 0.6 is 0 Å². The van der Waals surface area contributed by atoms with E-state index in [0.717, 1.165) is 11.3 Å². The van der Waals surface area contributed by atoms with E-state index in [1.54, 1.807) is 19.9 Å². The van der Waals surface area contributed by atoms with Crippen LogP contribution in [0, 0.1) is 13.8 Å². The van der Waals surface area contributed by atoms with Crippen molar-refractivity contribution in [2.75, 3.05) is 18.5 Å². The van der Waals surface area contributed by atoms with Crippen molar-refractivity contribution in [3.05, 3.63) is 35.2 Å². The summed E-state index contributed by atoms with van der Waals surface area (Å²) in [5.41, 5.74) is 1.72. The van der Waals surface area contributed by atoms with E-state index < -0.39 is 11.9 Å². The van der Waals surface area contributed by atoms with Crippen molar-refractivity contribution >= 4 is 17.8 Å². The second-order valence-electron chi connectivity index (χ2n) is 4.24. The van der Waals surface area contributed by atoms with Gasteiger partial charge in [-0.15, -0.1) is 0 Å². The molecule has 0 aliphatic carbocycles. The predicted octanol–water partition coefficient (Wildman–Crippen LogP) is 2.12. The van der Waals surface area contributed by atoms with Crippen molar-refractivity contribution in [1.29, 1.82) is 0 Å². The predicted molar refractivity (Wildman–Crippen MR) is 78.7 cm³/mol. The lowest BCUT2D eigenvalue weighted by Gasteiger charge is -2.08. The molecule has 0 bridgehead atoms. The fourth-order valence-corrected chi connectivity index (χ4v) is 1.48. The van der Waals surface area contributed by atoms with Gasteiger partial charge in [0.05, 0.1) is 13.2 Å². The molecule has 114 valence electrons. The van der Waals surface area contributed by atoms with E-state index in [4.69, 9.17) is 9.47 Å². The van der Waals surface area contributed by atoms with Crippen molar-refractivity contribution in [2.45, 2.75) is 27.7 Å². The van der Waals surface area contributed by atoms with Gasteiger partial charge in [0.25, 0.3) is 0 Å². The van der Waals surface area contributed by atoms with E-state index in [0.29, 0.717) is 5.82 Å². The Kier molecular flexibility index (Phi) is 6.39. The fourth-order valence-electron chi connectivity index (χ4n) is 1.48. The quantitative estimate of drug-likeness (QED) is 0.374. The Hall–Kier alpha value is -2.37. The van der Waals surface area contributed by atoms with Crippen LogP contribution in [0.2, 0.25) is 0 Å². The molecule has 6 nitrogen and oxygen atoms in total. The molecule has 0 unspecified atom stereocenters. The Balaban J connectivity index is 2.93. The molecule has 0 amide bonds. The topological polar surface area (TPSA) is 77.5 Å². The van der Waals surface area contributed by atoms with E-state index in [2.05, 4.69) is 10.3 Å². The van der Waals surface area contributed by atoms with Gasteiger partial charge < -0.3 is 14.8 Å². The summed E-state index contributed by atoms with van der Waals surface area (Å²) in [6.45, 7) is 7.51. The molecule has 21 heavy (non-hydrogen) atoms. The Morgan fingerprint density at radius 2 is 1.71 bits per heavy atom. The normalized spacial score (nSPS) is 9.71. The average Bonchev–Trinajstić information content (AvgIpc) is 2.43. The van der Waals surface area contributed by atoms with E-state index in [1.165, 1.54) is 6.20 Å². The molecule has 0 spiro atoms. The third-order valence-corrected chi connectivity index (χ3v) is 2.71. The number of rotatable bonds is 6. The molecule has 1 aromatic heterocycles. The third kappa shape index (κ3) is 4.91. The number of carbonyl (C=O) groups excluding carboxylic acids is 2. The molecule has 0 fully saturated rings. The van der Waals surface area contributed by atoms with Gasteiger partial charge in [-0.25, -0.2) is 14.6 Å². The first-order chi connectivity index (χ1) is 9.99. The molecule has 0 radical (unpaired) electrons. The molecule has 1 heterocycles. The maximum absolute atomic E-state index is 11.8. The zero-order chi connectivity index (χ0) is 15.8. The number of hydrogen-bond donors (Lipinski definition) is 1. The van der Waals surface area contributed by atoms with E-state index >= 15 is 0 Å². The molecule has 6 heteroatoms. The Morgan fingerprint density at radius 1 is 1.14 bits per heavy atom. The highest BCUT2D eigenvalue weighted by atomic mass is 16.6. The first-order valence-electron chi connectivity index (χ1n) is 6.74. The monoisotopic (exact) mass is 292 g/mol. The second kappa shape index (κ2) is 8.04. The van der Waals surface area contributed by atoms with Crippen LogP contribution in [-0.2, 0) is 19.1 Å². The smallest absolute Gasteiger partial charge is 0.347 e. The Bertz CT molecular complexity index is 533. The summed E-state index contributed by atoms with van der Waals surface area (Å²) in [5.74, 6) is -0.927. The largest absolute Gasteiger partial charge is 0.462 e. The lowest BCUT2D eigenvalue weighted by atomic mass is 10.2. The van der Waals surface area contributed by atoms with Crippen LogP contribution in [0.4, 0.5) is 5.82 Å². The van der Waals surface area contributed by atoms with Crippen LogP contribution in [0.15, 0.2) is 23.9 Å². The summed E-state index contributed by atoms with van der Waals surface area (Å²) in [4.78, 5) is 27.8. The molecule has 0 aromatic carbocycles. The first-order valence-corrected chi connectivity index (χ1v) is 6.74. The third-order valence-electron chi connectivity index (χ3n) is 2.71. The summed E-state index contributed by atoms with van der Waals surface area (Å²) in [5, 5.41) is 2.82. The van der Waals surface area contributed by atoms with Gasteiger partial charge in [0, 0.05) is 11.9 Å². The van der Waals surface area contributed by atoms with Gasteiger partial charge in [0.1, 0.15) is 5.82 Å². The number of nitrogens with one attached hydrogen (secondary N) is 1. The molecule has 1 N–H and O–H groups in total. The zero-order valence-corrected chi connectivity index (χ0v) is 12.7.